The summed E-state index contributed by atoms with van der Waals surface area (Å²) in [6, 6.07) is 28.6. The Hall–Kier alpha value is -5.61. The van der Waals surface area contributed by atoms with E-state index in [4.69, 9.17) is 26.7 Å². The van der Waals surface area contributed by atoms with Gasteiger partial charge in [0, 0.05) is 54.0 Å². The number of piperazine rings is 1. The lowest BCUT2D eigenvalue weighted by molar-refractivity contribution is -0.132. The molecule has 1 amide bonds. The minimum absolute atomic E-state index is 0.0321. The van der Waals surface area contributed by atoms with Gasteiger partial charge in [-0.25, -0.2) is 8.78 Å². The SMILES string of the molecule is N=C(N)c1ccc(-c2cc(CC(=O)N3CCN(C(c4ccc(F)cc4)c4ccc(F)cc4)CC3)c(-c3ccc(C(=N)N)cc3)o2)cc1. The number of amidine groups is 2. The first kappa shape index (κ1) is 31.4. The highest BCUT2D eigenvalue weighted by Crippen LogP contribution is 2.35. The van der Waals surface area contributed by atoms with Gasteiger partial charge in [0.1, 0.15) is 34.8 Å². The third kappa shape index (κ3) is 6.97. The minimum atomic E-state index is -0.327. The molecule has 10 heteroatoms. The van der Waals surface area contributed by atoms with Crippen LogP contribution in [0.5, 0.6) is 0 Å². The normalized spacial score (nSPS) is 13.6. The van der Waals surface area contributed by atoms with Gasteiger partial charge in [0.05, 0.1) is 12.5 Å². The van der Waals surface area contributed by atoms with Crippen LogP contribution in [0.4, 0.5) is 8.78 Å². The summed E-state index contributed by atoms with van der Waals surface area (Å²) in [6.07, 6.45) is 0.109. The van der Waals surface area contributed by atoms with Crippen molar-refractivity contribution < 1.29 is 18.0 Å². The van der Waals surface area contributed by atoms with Gasteiger partial charge in [-0.2, -0.15) is 0 Å². The molecule has 0 radical (unpaired) electrons. The highest BCUT2D eigenvalue weighted by molar-refractivity contribution is 5.96. The Morgan fingerprint density at radius 1 is 0.702 bits per heavy atom. The summed E-state index contributed by atoms with van der Waals surface area (Å²) in [5, 5.41) is 15.4. The second-order valence-electron chi connectivity index (χ2n) is 11.5. The van der Waals surface area contributed by atoms with E-state index in [2.05, 4.69) is 4.90 Å². The molecule has 1 aliphatic heterocycles. The molecule has 2 heterocycles. The Kier molecular flexibility index (Phi) is 8.94. The van der Waals surface area contributed by atoms with E-state index in [-0.39, 0.29) is 41.7 Å². The quantitative estimate of drug-likeness (QED) is 0.118. The van der Waals surface area contributed by atoms with Crippen molar-refractivity contribution in [3.05, 3.63) is 143 Å². The molecule has 1 aliphatic rings. The average Bonchev–Trinajstić information content (AvgIpc) is 3.50. The van der Waals surface area contributed by atoms with Crippen LogP contribution in [0.25, 0.3) is 22.6 Å². The molecule has 1 fully saturated rings. The second kappa shape index (κ2) is 13.4. The Balaban J connectivity index is 1.22. The van der Waals surface area contributed by atoms with Crippen molar-refractivity contribution in [2.75, 3.05) is 26.2 Å². The van der Waals surface area contributed by atoms with E-state index in [0.717, 1.165) is 22.3 Å². The fraction of sp³-hybridized carbons (Fsp3) is 0.162. The molecule has 8 nitrogen and oxygen atoms in total. The number of nitrogen functional groups attached to an aromatic ring is 2. The maximum absolute atomic E-state index is 13.8. The number of benzene rings is 4. The van der Waals surface area contributed by atoms with Crippen LogP contribution >= 0.6 is 0 Å². The molecule has 1 aromatic heterocycles. The van der Waals surface area contributed by atoms with Gasteiger partial charge in [0.15, 0.2) is 0 Å². The van der Waals surface area contributed by atoms with E-state index < -0.39 is 0 Å². The van der Waals surface area contributed by atoms with Crippen LogP contribution in [-0.2, 0) is 11.2 Å². The number of carbonyl (C=O) groups excluding carboxylic acids is 1. The number of furan rings is 1. The molecule has 0 saturated carbocycles. The lowest BCUT2D eigenvalue weighted by Crippen LogP contribution is -2.50. The van der Waals surface area contributed by atoms with Gasteiger partial charge in [-0.3, -0.25) is 20.5 Å². The van der Waals surface area contributed by atoms with Gasteiger partial charge in [0.25, 0.3) is 0 Å². The number of carbonyl (C=O) groups is 1. The van der Waals surface area contributed by atoms with Gasteiger partial charge >= 0.3 is 0 Å². The lowest BCUT2D eigenvalue weighted by Gasteiger charge is -2.40. The number of nitrogens with zero attached hydrogens (tertiary/aromatic N) is 2. The van der Waals surface area contributed by atoms with Crippen molar-refractivity contribution in [3.63, 3.8) is 0 Å². The Labute approximate surface area is 271 Å². The zero-order chi connectivity index (χ0) is 33.1. The van der Waals surface area contributed by atoms with Gasteiger partial charge in [-0.05, 0) is 41.5 Å². The summed E-state index contributed by atoms with van der Waals surface area (Å²) < 4.78 is 33.8. The molecule has 4 aromatic carbocycles. The predicted octanol–water partition coefficient (Wildman–Crippen LogP) is 5.94. The number of halogens is 2. The van der Waals surface area contributed by atoms with E-state index in [1.54, 1.807) is 48.5 Å². The van der Waals surface area contributed by atoms with E-state index in [9.17, 15) is 13.6 Å². The highest BCUT2D eigenvalue weighted by atomic mass is 19.1. The molecule has 0 spiro atoms. The summed E-state index contributed by atoms with van der Waals surface area (Å²) in [5.74, 6) is 0.336. The van der Waals surface area contributed by atoms with E-state index in [1.165, 1.54) is 24.3 Å². The molecule has 0 unspecified atom stereocenters. The number of nitrogens with one attached hydrogen (secondary N) is 2. The first-order chi connectivity index (χ1) is 22.7. The van der Waals surface area contributed by atoms with Crippen LogP contribution in [-0.4, -0.2) is 53.6 Å². The molecule has 5 aromatic rings. The smallest absolute Gasteiger partial charge is 0.227 e. The number of rotatable bonds is 9. The summed E-state index contributed by atoms with van der Waals surface area (Å²) in [5.41, 5.74) is 16.5. The van der Waals surface area contributed by atoms with Crippen LogP contribution in [0.2, 0.25) is 0 Å². The molecule has 6 rings (SSSR count). The van der Waals surface area contributed by atoms with Crippen LogP contribution in [0.3, 0.4) is 0 Å². The summed E-state index contributed by atoms with van der Waals surface area (Å²) in [7, 11) is 0. The maximum Gasteiger partial charge on any atom is 0.227 e. The second-order valence-corrected chi connectivity index (χ2v) is 11.5. The zero-order valence-electron chi connectivity index (χ0n) is 25.5. The van der Waals surface area contributed by atoms with Crippen LogP contribution < -0.4 is 11.5 Å². The minimum Gasteiger partial charge on any atom is -0.456 e. The Morgan fingerprint density at radius 3 is 1.64 bits per heavy atom. The number of nitrogens with two attached hydrogens (primary N) is 2. The lowest BCUT2D eigenvalue weighted by atomic mass is 9.96. The highest BCUT2D eigenvalue weighted by Gasteiger charge is 2.29. The van der Waals surface area contributed by atoms with Crippen LogP contribution in [0, 0.1) is 22.5 Å². The third-order valence-electron chi connectivity index (χ3n) is 8.49. The van der Waals surface area contributed by atoms with Gasteiger partial charge < -0.3 is 20.8 Å². The number of hydrogen-bond donors (Lipinski definition) is 4. The Morgan fingerprint density at radius 2 is 1.17 bits per heavy atom. The predicted molar refractivity (Wildman–Crippen MR) is 178 cm³/mol. The topological polar surface area (TPSA) is 136 Å². The van der Waals surface area contributed by atoms with Crippen LogP contribution in [0.1, 0.15) is 33.9 Å². The fourth-order valence-electron chi connectivity index (χ4n) is 5.97. The summed E-state index contributed by atoms with van der Waals surface area (Å²) in [4.78, 5) is 17.8. The number of amides is 1. The zero-order valence-corrected chi connectivity index (χ0v) is 25.5. The Bertz CT molecular complexity index is 1850. The molecule has 0 atom stereocenters. The largest absolute Gasteiger partial charge is 0.456 e. The van der Waals surface area contributed by atoms with E-state index in [1.807, 2.05) is 35.2 Å². The monoisotopic (exact) mass is 632 g/mol. The van der Waals surface area contributed by atoms with Crippen molar-refractivity contribution in [1.82, 2.24) is 9.80 Å². The molecule has 0 aliphatic carbocycles. The van der Waals surface area contributed by atoms with Crippen LogP contribution in [0.15, 0.2) is 108 Å². The third-order valence-corrected chi connectivity index (χ3v) is 8.49. The van der Waals surface area contributed by atoms with Gasteiger partial charge in [0.2, 0.25) is 5.91 Å². The van der Waals surface area contributed by atoms with Crippen molar-refractivity contribution in [1.29, 1.82) is 10.8 Å². The molecule has 6 N–H and O–H groups in total. The van der Waals surface area contributed by atoms with Crippen molar-refractivity contribution >= 4 is 17.6 Å². The van der Waals surface area contributed by atoms with E-state index >= 15 is 0 Å². The summed E-state index contributed by atoms with van der Waals surface area (Å²) in [6.45, 7) is 2.11. The molecule has 1 saturated heterocycles. The number of hydrogen-bond acceptors (Lipinski definition) is 5. The fourth-order valence-corrected chi connectivity index (χ4v) is 5.97. The standard InChI is InChI=1S/C37H34F2N6O2/c38-30-13-9-24(10-14-30)34(25-11-15-31(39)16-12-25)45-19-17-44(18-20-45)33(46)22-29-21-32(23-1-5-27(6-2-23)36(40)41)47-35(29)26-3-7-28(8-4-26)37(42)43/h1-16,21,34H,17-20,22H2,(H3,40,41)(H3,42,43). The van der Waals surface area contributed by atoms with Crippen molar-refractivity contribution in [2.45, 2.75) is 12.5 Å². The molecule has 0 bridgehead atoms. The molecular weight excluding hydrogens is 598 g/mol. The maximum atomic E-state index is 13.8. The van der Waals surface area contributed by atoms with Crippen molar-refractivity contribution in [2.24, 2.45) is 11.5 Å². The van der Waals surface area contributed by atoms with E-state index in [0.29, 0.717) is 54.4 Å². The first-order valence-corrected chi connectivity index (χ1v) is 15.2. The van der Waals surface area contributed by atoms with Gasteiger partial charge in [-0.15, -0.1) is 0 Å². The van der Waals surface area contributed by atoms with Gasteiger partial charge in [-0.1, -0.05) is 72.8 Å². The average molecular weight is 633 g/mol. The first-order valence-electron chi connectivity index (χ1n) is 15.2. The van der Waals surface area contributed by atoms with Crippen molar-refractivity contribution in [3.8, 4) is 22.6 Å². The molecule has 47 heavy (non-hydrogen) atoms. The molecule has 238 valence electrons. The summed E-state index contributed by atoms with van der Waals surface area (Å²) >= 11 is 0. The molecular formula is C37H34F2N6O2.